The van der Waals surface area contributed by atoms with E-state index in [0.29, 0.717) is 19.5 Å². The molecule has 1 aliphatic heterocycles. The monoisotopic (exact) mass is 378 g/mol. The Morgan fingerprint density at radius 1 is 1.14 bits per heavy atom. The molecule has 2 aliphatic rings. The molecule has 1 saturated heterocycles. The smallest absolute Gasteiger partial charge is 0.260 e. The number of fused-ring (bicyclic) bond motifs is 1. The third-order valence-corrected chi connectivity index (χ3v) is 5.78. The molecular weight excluding hydrogens is 352 g/mol. The largest absolute Gasteiger partial charge is 0.484 e. The Morgan fingerprint density at radius 2 is 1.93 bits per heavy atom. The molecule has 0 spiro atoms. The van der Waals surface area contributed by atoms with Crippen LogP contribution in [0.25, 0.3) is 0 Å². The standard InChI is InChI=1S/C23H26N2O3/c1-24(21-12-13-25(23(21)27)15-17-6-3-2-4-7-17)22(26)16-28-20-11-10-18-8-5-9-19(18)14-20/h2-4,6-7,10-11,14,21H,5,8-9,12-13,15-16H2,1H3. The van der Waals surface area contributed by atoms with Crippen LogP contribution in [0.2, 0.25) is 0 Å². The van der Waals surface area contributed by atoms with Crippen molar-refractivity contribution in [2.24, 2.45) is 0 Å². The Balaban J connectivity index is 1.31. The summed E-state index contributed by atoms with van der Waals surface area (Å²) in [4.78, 5) is 28.7. The molecule has 1 aliphatic carbocycles. The lowest BCUT2D eigenvalue weighted by Gasteiger charge is -2.24. The van der Waals surface area contributed by atoms with Crippen LogP contribution >= 0.6 is 0 Å². The van der Waals surface area contributed by atoms with Crippen LogP contribution in [-0.2, 0) is 29.0 Å². The van der Waals surface area contributed by atoms with Crippen LogP contribution < -0.4 is 4.74 Å². The molecule has 4 rings (SSSR count). The van der Waals surface area contributed by atoms with E-state index in [1.807, 2.05) is 47.4 Å². The van der Waals surface area contributed by atoms with Gasteiger partial charge in [-0.1, -0.05) is 36.4 Å². The van der Waals surface area contributed by atoms with Crippen LogP contribution in [0.5, 0.6) is 5.75 Å². The Labute approximate surface area is 165 Å². The molecule has 1 unspecified atom stereocenters. The molecule has 1 heterocycles. The fourth-order valence-electron chi connectivity index (χ4n) is 4.10. The third kappa shape index (κ3) is 3.88. The molecular formula is C23H26N2O3. The van der Waals surface area contributed by atoms with Gasteiger partial charge >= 0.3 is 0 Å². The van der Waals surface area contributed by atoms with Gasteiger partial charge in [-0.05, 0) is 54.5 Å². The van der Waals surface area contributed by atoms with E-state index >= 15 is 0 Å². The summed E-state index contributed by atoms with van der Waals surface area (Å²) in [5.74, 6) is 0.573. The number of hydrogen-bond donors (Lipinski definition) is 0. The molecule has 2 aromatic carbocycles. The van der Waals surface area contributed by atoms with Gasteiger partial charge in [-0.2, -0.15) is 0 Å². The molecule has 0 N–H and O–H groups in total. The van der Waals surface area contributed by atoms with Crippen LogP contribution in [0.3, 0.4) is 0 Å². The highest BCUT2D eigenvalue weighted by Crippen LogP contribution is 2.26. The summed E-state index contributed by atoms with van der Waals surface area (Å²) in [6.45, 7) is 1.21. The number of aryl methyl sites for hydroxylation is 2. The van der Waals surface area contributed by atoms with Gasteiger partial charge in [0.2, 0.25) is 5.91 Å². The highest BCUT2D eigenvalue weighted by atomic mass is 16.5. The molecule has 0 aromatic heterocycles. The van der Waals surface area contributed by atoms with Crippen LogP contribution in [0, 0.1) is 0 Å². The Kier molecular flexibility index (Phi) is 5.33. The zero-order valence-electron chi connectivity index (χ0n) is 16.3. The van der Waals surface area contributed by atoms with Gasteiger partial charge in [0.15, 0.2) is 6.61 Å². The van der Waals surface area contributed by atoms with Crippen molar-refractivity contribution in [3.8, 4) is 5.75 Å². The lowest BCUT2D eigenvalue weighted by atomic mass is 10.1. The molecule has 146 valence electrons. The van der Waals surface area contributed by atoms with Crippen LogP contribution in [0.1, 0.15) is 29.5 Å². The van der Waals surface area contributed by atoms with E-state index in [9.17, 15) is 9.59 Å². The Morgan fingerprint density at radius 3 is 2.75 bits per heavy atom. The summed E-state index contributed by atoms with van der Waals surface area (Å²) >= 11 is 0. The molecule has 0 radical (unpaired) electrons. The Hall–Kier alpha value is -2.82. The van der Waals surface area contributed by atoms with Crippen molar-refractivity contribution in [1.82, 2.24) is 9.80 Å². The fourth-order valence-corrected chi connectivity index (χ4v) is 4.10. The minimum atomic E-state index is -0.403. The average Bonchev–Trinajstić information content (AvgIpc) is 3.33. The predicted molar refractivity (Wildman–Crippen MR) is 107 cm³/mol. The maximum Gasteiger partial charge on any atom is 0.260 e. The first kappa shape index (κ1) is 18.5. The highest BCUT2D eigenvalue weighted by molar-refractivity contribution is 5.89. The van der Waals surface area contributed by atoms with E-state index in [4.69, 9.17) is 4.74 Å². The zero-order valence-corrected chi connectivity index (χ0v) is 16.3. The number of benzene rings is 2. The van der Waals surface area contributed by atoms with Gasteiger partial charge in [-0.15, -0.1) is 0 Å². The summed E-state index contributed by atoms with van der Waals surface area (Å²) in [5, 5.41) is 0. The van der Waals surface area contributed by atoms with Crippen molar-refractivity contribution in [3.63, 3.8) is 0 Å². The first-order chi connectivity index (χ1) is 13.6. The summed E-state index contributed by atoms with van der Waals surface area (Å²) in [6, 6.07) is 15.6. The van der Waals surface area contributed by atoms with E-state index in [-0.39, 0.29) is 18.4 Å². The summed E-state index contributed by atoms with van der Waals surface area (Å²) in [6.07, 6.45) is 4.05. The number of carbonyl (C=O) groups excluding carboxylic acids is 2. The second-order valence-corrected chi connectivity index (χ2v) is 7.63. The van der Waals surface area contributed by atoms with Gasteiger partial charge < -0.3 is 14.5 Å². The maximum absolute atomic E-state index is 12.7. The third-order valence-electron chi connectivity index (χ3n) is 5.78. The summed E-state index contributed by atoms with van der Waals surface area (Å²) in [7, 11) is 1.70. The van der Waals surface area contributed by atoms with Gasteiger partial charge in [0.25, 0.3) is 5.91 Å². The molecule has 28 heavy (non-hydrogen) atoms. The number of likely N-dealkylation sites (N-methyl/N-ethyl adjacent to an activating group) is 1. The van der Waals surface area contributed by atoms with E-state index in [1.165, 1.54) is 17.5 Å². The van der Waals surface area contributed by atoms with Gasteiger partial charge in [0.1, 0.15) is 11.8 Å². The number of hydrogen-bond acceptors (Lipinski definition) is 3. The fraction of sp³-hybridized carbons (Fsp3) is 0.391. The van der Waals surface area contributed by atoms with Crippen molar-refractivity contribution in [3.05, 3.63) is 65.2 Å². The minimum absolute atomic E-state index is 0.0113. The van der Waals surface area contributed by atoms with Crippen LogP contribution in [0.4, 0.5) is 0 Å². The number of likely N-dealkylation sites (tertiary alicyclic amines) is 1. The van der Waals surface area contributed by atoms with Crippen molar-refractivity contribution in [2.75, 3.05) is 20.2 Å². The SMILES string of the molecule is CN(C(=O)COc1ccc2c(c1)CCC2)C1CCN(Cc2ccccc2)C1=O. The number of rotatable bonds is 6. The van der Waals surface area contributed by atoms with E-state index < -0.39 is 6.04 Å². The number of ether oxygens (including phenoxy) is 1. The quantitative estimate of drug-likeness (QED) is 0.777. The van der Waals surface area contributed by atoms with Crippen molar-refractivity contribution in [2.45, 2.75) is 38.3 Å². The maximum atomic E-state index is 12.7. The van der Waals surface area contributed by atoms with E-state index in [0.717, 1.165) is 24.2 Å². The van der Waals surface area contributed by atoms with Crippen LogP contribution in [-0.4, -0.2) is 47.9 Å². The predicted octanol–water partition coefficient (Wildman–Crippen LogP) is 2.81. The molecule has 0 bridgehead atoms. The zero-order chi connectivity index (χ0) is 19.5. The summed E-state index contributed by atoms with van der Waals surface area (Å²) < 4.78 is 5.72. The lowest BCUT2D eigenvalue weighted by Crippen LogP contribution is -2.44. The van der Waals surface area contributed by atoms with Crippen molar-refractivity contribution < 1.29 is 14.3 Å². The Bertz CT molecular complexity index is 865. The first-order valence-electron chi connectivity index (χ1n) is 9.95. The number of nitrogens with zero attached hydrogens (tertiary/aromatic N) is 2. The molecule has 0 saturated carbocycles. The molecule has 5 heteroatoms. The first-order valence-corrected chi connectivity index (χ1v) is 9.95. The summed E-state index contributed by atoms with van der Waals surface area (Å²) in [5.41, 5.74) is 3.80. The number of amides is 2. The lowest BCUT2D eigenvalue weighted by molar-refractivity contribution is -0.142. The van der Waals surface area contributed by atoms with Crippen LogP contribution in [0.15, 0.2) is 48.5 Å². The van der Waals surface area contributed by atoms with Crippen molar-refractivity contribution >= 4 is 11.8 Å². The van der Waals surface area contributed by atoms with Gasteiger partial charge in [-0.3, -0.25) is 9.59 Å². The topological polar surface area (TPSA) is 49.9 Å². The number of carbonyl (C=O) groups is 2. The average molecular weight is 378 g/mol. The molecule has 2 aromatic rings. The normalized spacial score (nSPS) is 18.2. The second kappa shape index (κ2) is 8.05. The molecule has 5 nitrogen and oxygen atoms in total. The van der Waals surface area contributed by atoms with E-state index in [2.05, 4.69) is 6.07 Å². The van der Waals surface area contributed by atoms with Crippen molar-refractivity contribution in [1.29, 1.82) is 0 Å². The van der Waals surface area contributed by atoms with Gasteiger partial charge in [-0.25, -0.2) is 0 Å². The minimum Gasteiger partial charge on any atom is -0.484 e. The second-order valence-electron chi connectivity index (χ2n) is 7.63. The molecule has 1 fully saturated rings. The molecule has 2 amide bonds. The van der Waals surface area contributed by atoms with Gasteiger partial charge in [0, 0.05) is 20.1 Å². The van der Waals surface area contributed by atoms with Gasteiger partial charge in [0.05, 0.1) is 0 Å². The highest BCUT2D eigenvalue weighted by Gasteiger charge is 2.36. The van der Waals surface area contributed by atoms with E-state index in [1.54, 1.807) is 11.9 Å². The molecule has 1 atom stereocenters.